The van der Waals surface area contributed by atoms with Crippen LogP contribution in [0.25, 0.3) is 0 Å². The summed E-state index contributed by atoms with van der Waals surface area (Å²) in [6.45, 7) is 7.73. The Morgan fingerprint density at radius 1 is 1.24 bits per heavy atom. The summed E-state index contributed by atoms with van der Waals surface area (Å²) in [5, 5.41) is 2.27. The molecular formula is C18H20F2N2O3. The van der Waals surface area contributed by atoms with E-state index in [0.717, 1.165) is 23.5 Å². The molecule has 0 bridgehead atoms. The highest BCUT2D eigenvalue weighted by molar-refractivity contribution is 5.97. The molecule has 0 fully saturated rings. The summed E-state index contributed by atoms with van der Waals surface area (Å²) >= 11 is 0. The predicted molar refractivity (Wildman–Crippen MR) is 89.4 cm³/mol. The number of hydrogen-bond donors (Lipinski definition) is 1. The molecule has 1 atom stereocenters. The number of hydrogen-bond acceptors (Lipinski definition) is 3. The minimum atomic E-state index is -1.14. The topological polar surface area (TPSA) is 60.3 Å². The van der Waals surface area contributed by atoms with E-state index in [1.807, 2.05) is 18.4 Å². The lowest BCUT2D eigenvalue weighted by molar-refractivity contribution is -0.123. The van der Waals surface area contributed by atoms with Crippen LogP contribution >= 0.6 is 0 Å². The Morgan fingerprint density at radius 3 is 2.48 bits per heavy atom. The number of carbonyl (C=O) groups is 2. The number of esters is 1. The molecule has 0 saturated carbocycles. The third kappa shape index (κ3) is 4.04. The van der Waals surface area contributed by atoms with E-state index in [4.69, 9.17) is 4.74 Å². The average Bonchev–Trinajstić information content (AvgIpc) is 2.84. The van der Waals surface area contributed by atoms with Crippen molar-refractivity contribution >= 4 is 17.6 Å². The van der Waals surface area contributed by atoms with Gasteiger partial charge in [-0.05, 0) is 45.9 Å². The van der Waals surface area contributed by atoms with Gasteiger partial charge in [0.2, 0.25) is 0 Å². The second-order valence-corrected chi connectivity index (χ2v) is 5.69. The molecule has 2 aromatic rings. The number of aromatic nitrogens is 1. The largest absolute Gasteiger partial charge is 0.449 e. The van der Waals surface area contributed by atoms with Gasteiger partial charge in [0.25, 0.3) is 5.91 Å². The number of carbonyl (C=O) groups excluding carboxylic acids is 2. The summed E-state index contributed by atoms with van der Waals surface area (Å²) < 4.78 is 33.6. The lowest BCUT2D eigenvalue weighted by Gasteiger charge is -2.14. The van der Waals surface area contributed by atoms with E-state index in [9.17, 15) is 18.4 Å². The molecule has 25 heavy (non-hydrogen) atoms. The molecule has 0 saturated heterocycles. The van der Waals surface area contributed by atoms with Crippen molar-refractivity contribution in [2.24, 2.45) is 0 Å². The molecule has 1 aromatic carbocycles. The summed E-state index contributed by atoms with van der Waals surface area (Å²) in [6.07, 6.45) is -1.14. The second-order valence-electron chi connectivity index (χ2n) is 5.69. The number of aryl methyl sites for hydroxylation is 1. The first kappa shape index (κ1) is 18.6. The predicted octanol–water partition coefficient (Wildman–Crippen LogP) is 3.59. The number of nitrogens with one attached hydrogen (secondary N) is 1. The number of amides is 1. The zero-order chi connectivity index (χ0) is 18.7. The molecule has 1 aromatic heterocycles. The maximum absolute atomic E-state index is 13.6. The minimum absolute atomic E-state index is 0.182. The van der Waals surface area contributed by atoms with Crippen molar-refractivity contribution in [2.45, 2.75) is 40.3 Å². The summed E-state index contributed by atoms with van der Waals surface area (Å²) in [5.74, 6) is -2.99. The molecule has 0 spiro atoms. The van der Waals surface area contributed by atoms with Crippen LogP contribution in [0.4, 0.5) is 14.5 Å². The molecule has 5 nitrogen and oxygen atoms in total. The van der Waals surface area contributed by atoms with Gasteiger partial charge in [0.05, 0.1) is 11.3 Å². The molecule has 0 aliphatic rings. The van der Waals surface area contributed by atoms with Crippen LogP contribution < -0.4 is 5.32 Å². The van der Waals surface area contributed by atoms with Crippen LogP contribution in [-0.4, -0.2) is 22.5 Å². The van der Waals surface area contributed by atoms with Crippen molar-refractivity contribution in [2.75, 3.05) is 5.32 Å². The molecule has 1 N–H and O–H groups in total. The van der Waals surface area contributed by atoms with E-state index in [-0.39, 0.29) is 5.69 Å². The van der Waals surface area contributed by atoms with Crippen molar-refractivity contribution in [3.8, 4) is 0 Å². The molecule has 0 aliphatic heterocycles. The Kier molecular flexibility index (Phi) is 5.56. The molecule has 7 heteroatoms. The third-order valence-corrected chi connectivity index (χ3v) is 3.95. The van der Waals surface area contributed by atoms with Gasteiger partial charge in [-0.1, -0.05) is 0 Å². The van der Waals surface area contributed by atoms with Crippen molar-refractivity contribution in [3.05, 3.63) is 52.9 Å². The van der Waals surface area contributed by atoms with Gasteiger partial charge >= 0.3 is 5.97 Å². The first-order valence-electron chi connectivity index (χ1n) is 7.88. The van der Waals surface area contributed by atoms with Crippen LogP contribution in [0.15, 0.2) is 24.3 Å². The maximum atomic E-state index is 13.6. The van der Waals surface area contributed by atoms with E-state index >= 15 is 0 Å². The number of halogens is 2. The molecule has 0 radical (unpaired) electrons. The molecule has 1 amide bonds. The number of ether oxygens (including phenoxy) is 1. The highest BCUT2D eigenvalue weighted by atomic mass is 19.1. The fourth-order valence-electron chi connectivity index (χ4n) is 2.60. The maximum Gasteiger partial charge on any atom is 0.340 e. The standard InChI is InChI=1S/C18H20F2N2O3/c1-5-22-10(2)8-14(11(22)3)18(24)25-12(4)17(23)21-16-7-6-13(19)9-15(16)20/h6-9,12H,5H2,1-4H3,(H,21,23)/t12-/m1/s1. The lowest BCUT2D eigenvalue weighted by atomic mass is 10.2. The Labute approximate surface area is 144 Å². The Hall–Kier alpha value is -2.70. The molecule has 134 valence electrons. The number of rotatable bonds is 5. The quantitative estimate of drug-likeness (QED) is 0.839. The van der Waals surface area contributed by atoms with Crippen LogP contribution in [0, 0.1) is 25.5 Å². The van der Waals surface area contributed by atoms with Crippen molar-refractivity contribution in [3.63, 3.8) is 0 Å². The summed E-state index contributed by atoms with van der Waals surface area (Å²) in [7, 11) is 0. The molecule has 0 aliphatic carbocycles. The smallest absolute Gasteiger partial charge is 0.340 e. The molecular weight excluding hydrogens is 330 g/mol. The fraction of sp³-hybridized carbons (Fsp3) is 0.333. The van der Waals surface area contributed by atoms with Gasteiger partial charge < -0.3 is 14.6 Å². The van der Waals surface area contributed by atoms with Gasteiger partial charge in [-0.15, -0.1) is 0 Å². The number of nitrogens with zero attached hydrogens (tertiary/aromatic N) is 1. The average molecular weight is 350 g/mol. The van der Waals surface area contributed by atoms with E-state index in [0.29, 0.717) is 18.2 Å². The van der Waals surface area contributed by atoms with Gasteiger partial charge in [0.15, 0.2) is 6.10 Å². The molecule has 1 heterocycles. The van der Waals surface area contributed by atoms with Gasteiger partial charge in [-0.3, -0.25) is 4.79 Å². The van der Waals surface area contributed by atoms with Gasteiger partial charge in [0, 0.05) is 24.0 Å². The van der Waals surface area contributed by atoms with Crippen molar-refractivity contribution in [1.29, 1.82) is 0 Å². The van der Waals surface area contributed by atoms with Crippen LogP contribution in [0.2, 0.25) is 0 Å². The highest BCUT2D eigenvalue weighted by Crippen LogP contribution is 2.18. The van der Waals surface area contributed by atoms with E-state index in [2.05, 4.69) is 5.32 Å². The Balaban J connectivity index is 2.07. The highest BCUT2D eigenvalue weighted by Gasteiger charge is 2.23. The fourth-order valence-corrected chi connectivity index (χ4v) is 2.60. The molecule has 0 unspecified atom stereocenters. The van der Waals surface area contributed by atoms with Crippen LogP contribution in [-0.2, 0) is 16.1 Å². The van der Waals surface area contributed by atoms with E-state index in [1.165, 1.54) is 6.92 Å². The lowest BCUT2D eigenvalue weighted by Crippen LogP contribution is -2.30. The third-order valence-electron chi connectivity index (χ3n) is 3.95. The van der Waals surface area contributed by atoms with E-state index < -0.39 is 29.6 Å². The molecule has 2 rings (SSSR count). The normalized spacial score (nSPS) is 11.9. The van der Waals surface area contributed by atoms with Gasteiger partial charge in [-0.2, -0.15) is 0 Å². The zero-order valence-electron chi connectivity index (χ0n) is 14.5. The Morgan fingerprint density at radius 2 is 1.92 bits per heavy atom. The SMILES string of the molecule is CCn1c(C)cc(C(=O)O[C@H](C)C(=O)Nc2ccc(F)cc2F)c1C. The summed E-state index contributed by atoms with van der Waals surface area (Å²) in [6, 6.07) is 4.48. The zero-order valence-corrected chi connectivity index (χ0v) is 14.5. The van der Waals surface area contributed by atoms with Gasteiger partial charge in [0.1, 0.15) is 11.6 Å². The van der Waals surface area contributed by atoms with Gasteiger partial charge in [-0.25, -0.2) is 13.6 Å². The van der Waals surface area contributed by atoms with Crippen molar-refractivity contribution < 1.29 is 23.1 Å². The minimum Gasteiger partial charge on any atom is -0.449 e. The Bertz CT molecular complexity index is 815. The van der Waals surface area contributed by atoms with E-state index in [1.54, 1.807) is 13.0 Å². The first-order valence-corrected chi connectivity index (χ1v) is 7.88. The summed E-state index contributed by atoms with van der Waals surface area (Å²) in [4.78, 5) is 24.4. The first-order chi connectivity index (χ1) is 11.7. The second kappa shape index (κ2) is 7.46. The van der Waals surface area contributed by atoms with Crippen LogP contribution in [0.3, 0.4) is 0 Å². The van der Waals surface area contributed by atoms with Crippen LogP contribution in [0.5, 0.6) is 0 Å². The number of anilines is 1. The number of benzene rings is 1. The van der Waals surface area contributed by atoms with Crippen LogP contribution in [0.1, 0.15) is 35.6 Å². The monoisotopic (exact) mass is 350 g/mol. The summed E-state index contributed by atoms with van der Waals surface area (Å²) in [5.41, 5.74) is 1.87. The van der Waals surface area contributed by atoms with Crippen molar-refractivity contribution in [1.82, 2.24) is 4.57 Å².